The van der Waals surface area contributed by atoms with Crippen LogP contribution in [0.2, 0.25) is 0 Å². The fourth-order valence-corrected chi connectivity index (χ4v) is 2.27. The molecule has 0 saturated heterocycles. The molecule has 0 amide bonds. The summed E-state index contributed by atoms with van der Waals surface area (Å²) in [6, 6.07) is -1.77. The van der Waals surface area contributed by atoms with Crippen LogP contribution in [0.3, 0.4) is 0 Å². The van der Waals surface area contributed by atoms with Crippen molar-refractivity contribution in [2.45, 2.75) is 64.4 Å². The fraction of sp³-hybridized carbons (Fsp3) is 0.667. The number of hydrogen-bond acceptors (Lipinski definition) is 6. The van der Waals surface area contributed by atoms with Crippen molar-refractivity contribution in [3.63, 3.8) is 0 Å². The SMILES string of the molecule is CC(C)Nc1nc(N[C@H](C)C(F)(F)F)nc(C2=CC(O)CCC2)n1. The first-order valence-electron chi connectivity index (χ1n) is 7.90. The van der Waals surface area contributed by atoms with Crippen molar-refractivity contribution >= 4 is 17.5 Å². The van der Waals surface area contributed by atoms with Crippen LogP contribution in [0.15, 0.2) is 6.08 Å². The van der Waals surface area contributed by atoms with E-state index in [9.17, 15) is 18.3 Å². The maximum Gasteiger partial charge on any atom is 0.408 e. The minimum absolute atomic E-state index is 0.0130. The average molecular weight is 345 g/mol. The number of rotatable bonds is 5. The van der Waals surface area contributed by atoms with Crippen molar-refractivity contribution in [1.29, 1.82) is 0 Å². The summed E-state index contributed by atoms with van der Waals surface area (Å²) >= 11 is 0. The van der Waals surface area contributed by atoms with E-state index in [0.29, 0.717) is 18.4 Å². The second-order valence-electron chi connectivity index (χ2n) is 6.16. The van der Waals surface area contributed by atoms with E-state index in [0.717, 1.165) is 13.3 Å². The summed E-state index contributed by atoms with van der Waals surface area (Å²) in [5, 5.41) is 15.0. The summed E-state index contributed by atoms with van der Waals surface area (Å²) < 4.78 is 38.3. The lowest BCUT2D eigenvalue weighted by Gasteiger charge is -2.20. The zero-order chi connectivity index (χ0) is 17.9. The minimum atomic E-state index is -4.40. The number of nitrogens with zero attached hydrogens (tertiary/aromatic N) is 3. The Morgan fingerprint density at radius 1 is 1.12 bits per heavy atom. The molecule has 24 heavy (non-hydrogen) atoms. The summed E-state index contributed by atoms with van der Waals surface area (Å²) in [6.45, 7) is 4.75. The van der Waals surface area contributed by atoms with Gasteiger partial charge in [-0.25, -0.2) is 0 Å². The minimum Gasteiger partial charge on any atom is -0.389 e. The molecule has 1 unspecified atom stereocenters. The van der Waals surface area contributed by atoms with Gasteiger partial charge in [0.15, 0.2) is 5.82 Å². The third-order valence-electron chi connectivity index (χ3n) is 3.52. The van der Waals surface area contributed by atoms with E-state index in [1.807, 2.05) is 13.8 Å². The summed E-state index contributed by atoms with van der Waals surface area (Å²) in [5.41, 5.74) is 0.714. The van der Waals surface area contributed by atoms with Crippen molar-refractivity contribution in [2.75, 3.05) is 10.6 Å². The highest BCUT2D eigenvalue weighted by Gasteiger charge is 2.36. The van der Waals surface area contributed by atoms with E-state index in [1.165, 1.54) is 0 Å². The maximum atomic E-state index is 12.8. The van der Waals surface area contributed by atoms with Crippen molar-refractivity contribution < 1.29 is 18.3 Å². The molecule has 1 aliphatic carbocycles. The molecule has 0 aliphatic heterocycles. The van der Waals surface area contributed by atoms with Crippen LogP contribution in [0.4, 0.5) is 25.1 Å². The van der Waals surface area contributed by atoms with Gasteiger partial charge in [0.2, 0.25) is 11.9 Å². The molecule has 1 aliphatic rings. The molecule has 2 rings (SSSR count). The number of aliphatic hydroxyl groups is 1. The Morgan fingerprint density at radius 2 is 1.75 bits per heavy atom. The zero-order valence-corrected chi connectivity index (χ0v) is 13.9. The van der Waals surface area contributed by atoms with Crippen molar-refractivity contribution in [1.82, 2.24) is 15.0 Å². The Bertz CT molecular complexity index is 603. The zero-order valence-electron chi connectivity index (χ0n) is 13.9. The summed E-state index contributed by atoms with van der Waals surface area (Å²) in [6.07, 6.45) is -1.25. The first kappa shape index (κ1) is 18.4. The van der Waals surface area contributed by atoms with Crippen LogP contribution in [0.5, 0.6) is 0 Å². The van der Waals surface area contributed by atoms with E-state index < -0.39 is 18.3 Å². The first-order chi connectivity index (χ1) is 11.1. The van der Waals surface area contributed by atoms with Gasteiger partial charge in [-0.3, -0.25) is 0 Å². The molecule has 2 atom stereocenters. The number of aliphatic hydroxyl groups excluding tert-OH is 1. The predicted octanol–water partition coefficient (Wildman–Crippen LogP) is 2.98. The third kappa shape index (κ3) is 5.05. The largest absolute Gasteiger partial charge is 0.408 e. The van der Waals surface area contributed by atoms with E-state index in [-0.39, 0.29) is 23.8 Å². The molecule has 134 valence electrons. The van der Waals surface area contributed by atoms with Gasteiger partial charge in [-0.1, -0.05) is 0 Å². The van der Waals surface area contributed by atoms with Crippen molar-refractivity contribution in [2.24, 2.45) is 0 Å². The second-order valence-corrected chi connectivity index (χ2v) is 6.16. The van der Waals surface area contributed by atoms with E-state index >= 15 is 0 Å². The van der Waals surface area contributed by atoms with Gasteiger partial charge in [-0.15, -0.1) is 0 Å². The van der Waals surface area contributed by atoms with Gasteiger partial charge >= 0.3 is 6.18 Å². The van der Waals surface area contributed by atoms with Crippen molar-refractivity contribution in [3.05, 3.63) is 11.9 Å². The number of nitrogens with one attached hydrogen (secondary N) is 2. The lowest BCUT2D eigenvalue weighted by molar-refractivity contribution is -0.138. The summed E-state index contributed by atoms with van der Waals surface area (Å²) in [4.78, 5) is 12.4. The third-order valence-corrected chi connectivity index (χ3v) is 3.52. The average Bonchev–Trinajstić information content (AvgIpc) is 2.45. The second kappa shape index (κ2) is 7.33. The number of alkyl halides is 3. The lowest BCUT2D eigenvalue weighted by Crippen LogP contribution is -2.34. The highest BCUT2D eigenvalue weighted by molar-refractivity contribution is 5.63. The highest BCUT2D eigenvalue weighted by atomic mass is 19.4. The maximum absolute atomic E-state index is 12.8. The van der Waals surface area contributed by atoms with Crippen LogP contribution in [0, 0.1) is 0 Å². The predicted molar refractivity (Wildman–Crippen MR) is 85.6 cm³/mol. The lowest BCUT2D eigenvalue weighted by atomic mass is 9.97. The van der Waals surface area contributed by atoms with E-state index in [2.05, 4.69) is 25.6 Å². The number of halogens is 3. The van der Waals surface area contributed by atoms with Gasteiger partial charge in [-0.05, 0) is 51.7 Å². The van der Waals surface area contributed by atoms with Gasteiger partial charge in [0.05, 0.1) is 6.10 Å². The Kier molecular flexibility index (Phi) is 5.63. The van der Waals surface area contributed by atoms with Crippen LogP contribution in [0.25, 0.3) is 5.57 Å². The number of hydrogen-bond donors (Lipinski definition) is 3. The number of aromatic nitrogens is 3. The molecule has 1 aromatic heterocycles. The summed E-state index contributed by atoms with van der Waals surface area (Å²) in [5.74, 6) is 0.338. The molecule has 3 N–H and O–H groups in total. The molecular formula is C15H22F3N5O. The molecule has 0 aromatic carbocycles. The van der Waals surface area contributed by atoms with E-state index in [4.69, 9.17) is 0 Å². The highest BCUT2D eigenvalue weighted by Crippen LogP contribution is 2.27. The molecule has 0 radical (unpaired) electrons. The molecular weight excluding hydrogens is 323 g/mol. The molecule has 6 nitrogen and oxygen atoms in total. The molecule has 0 bridgehead atoms. The molecule has 0 spiro atoms. The molecule has 9 heteroatoms. The topological polar surface area (TPSA) is 83.0 Å². The fourth-order valence-electron chi connectivity index (χ4n) is 2.27. The quantitative estimate of drug-likeness (QED) is 0.761. The van der Waals surface area contributed by atoms with Gasteiger partial charge in [0.1, 0.15) is 6.04 Å². The van der Waals surface area contributed by atoms with Crippen LogP contribution in [-0.2, 0) is 0 Å². The molecule has 1 aromatic rings. The normalized spacial score (nSPS) is 19.8. The van der Waals surface area contributed by atoms with Crippen LogP contribution >= 0.6 is 0 Å². The van der Waals surface area contributed by atoms with Gasteiger partial charge in [0, 0.05) is 6.04 Å². The molecule has 0 fully saturated rings. The molecule has 0 saturated carbocycles. The van der Waals surface area contributed by atoms with Gasteiger partial charge < -0.3 is 15.7 Å². The Morgan fingerprint density at radius 3 is 2.29 bits per heavy atom. The van der Waals surface area contributed by atoms with Crippen molar-refractivity contribution in [3.8, 4) is 0 Å². The van der Waals surface area contributed by atoms with Crippen LogP contribution in [0.1, 0.15) is 45.9 Å². The Hall–Kier alpha value is -1.90. The van der Waals surface area contributed by atoms with Gasteiger partial charge in [0.25, 0.3) is 0 Å². The van der Waals surface area contributed by atoms with E-state index in [1.54, 1.807) is 6.08 Å². The Labute approximate surface area is 138 Å². The number of allylic oxidation sites excluding steroid dienone is 1. The standard InChI is InChI=1S/C15H22F3N5O/c1-8(2)19-13-21-12(10-5-4-6-11(24)7-10)22-14(23-13)20-9(3)15(16,17)18/h7-9,11,24H,4-6H2,1-3H3,(H2,19,20,21,22,23)/t9-,11?/m1/s1. The smallest absolute Gasteiger partial charge is 0.389 e. The van der Waals surface area contributed by atoms with Gasteiger partial charge in [-0.2, -0.15) is 28.1 Å². The summed E-state index contributed by atoms with van der Waals surface area (Å²) in [7, 11) is 0. The first-order valence-corrected chi connectivity index (χ1v) is 7.90. The van der Waals surface area contributed by atoms with Crippen LogP contribution in [-0.4, -0.2) is 44.4 Å². The Balaban J connectivity index is 2.34. The number of anilines is 2. The van der Waals surface area contributed by atoms with Crippen LogP contribution < -0.4 is 10.6 Å². The monoisotopic (exact) mass is 345 g/mol. The molecule has 1 heterocycles.